The van der Waals surface area contributed by atoms with Crippen molar-refractivity contribution in [3.05, 3.63) is 52.1 Å². The molecule has 0 unspecified atom stereocenters. The molecule has 0 radical (unpaired) electrons. The monoisotopic (exact) mass is 446 g/mol. The van der Waals surface area contributed by atoms with Gasteiger partial charge in [0.15, 0.2) is 0 Å². The van der Waals surface area contributed by atoms with Crippen molar-refractivity contribution in [3.8, 4) is 5.88 Å². The lowest BCUT2D eigenvalue weighted by molar-refractivity contribution is -0.134. The van der Waals surface area contributed by atoms with Gasteiger partial charge in [-0.2, -0.15) is 4.68 Å². The van der Waals surface area contributed by atoms with E-state index in [1.54, 1.807) is 19.3 Å². The van der Waals surface area contributed by atoms with E-state index in [2.05, 4.69) is 4.98 Å². The first-order valence-electron chi connectivity index (χ1n) is 11.0. The molecule has 4 N–H and O–H groups in total. The molecule has 0 aliphatic rings. The average Bonchev–Trinajstić information content (AvgIpc) is 3.06. The molecule has 1 aromatic carbocycles. The molecule has 0 bridgehead atoms. The molecule has 0 saturated carbocycles. The van der Waals surface area contributed by atoms with Gasteiger partial charge in [0.25, 0.3) is 5.91 Å². The Labute approximate surface area is 188 Å². The number of hydrogen-bond donors (Lipinski definition) is 4. The molecule has 2 aromatic rings. The predicted octanol–water partition coefficient (Wildman–Crippen LogP) is 2.80. The average molecular weight is 447 g/mol. The van der Waals surface area contributed by atoms with Crippen molar-refractivity contribution in [2.24, 2.45) is 5.92 Å². The largest absolute Gasteiger partial charge is 0.492 e. The number of nitrogens with zero attached hydrogens (tertiary/aromatic N) is 2. The predicted molar refractivity (Wildman–Crippen MR) is 121 cm³/mol. The minimum atomic E-state index is -1.18. The first kappa shape index (κ1) is 25.2. The van der Waals surface area contributed by atoms with Crippen LogP contribution in [0.3, 0.4) is 0 Å². The van der Waals surface area contributed by atoms with Gasteiger partial charge in [-0.3, -0.25) is 14.8 Å². The first-order valence-corrected chi connectivity index (χ1v) is 11.0. The maximum atomic E-state index is 13.2. The summed E-state index contributed by atoms with van der Waals surface area (Å²) >= 11 is 0. The number of aromatic amines is 1. The topological polar surface area (TPSA) is 128 Å². The highest BCUT2D eigenvalue weighted by Crippen LogP contribution is 2.24. The van der Waals surface area contributed by atoms with E-state index in [-0.39, 0.29) is 30.4 Å². The Morgan fingerprint density at radius 1 is 1.12 bits per heavy atom. The molecule has 9 heteroatoms. The fourth-order valence-electron chi connectivity index (χ4n) is 3.57. The molecule has 1 aromatic heterocycles. The molecular weight excluding hydrogens is 412 g/mol. The van der Waals surface area contributed by atoms with Crippen LogP contribution in [0, 0.1) is 5.92 Å². The lowest BCUT2D eigenvalue weighted by Crippen LogP contribution is -2.57. The number of carbonyl (C=O) groups is 2. The van der Waals surface area contributed by atoms with Crippen LogP contribution in [0.1, 0.15) is 70.6 Å². The van der Waals surface area contributed by atoms with Crippen molar-refractivity contribution in [2.75, 3.05) is 5.01 Å². The quantitative estimate of drug-likeness (QED) is 0.312. The standard InChI is InChI=1S/C23H34N4O5/c1-15(2)13-14-19(28)26(27-22(30)20(16(3)4)24-23(27)31)18(21(29)25-32)12-8-11-17-9-6-5-7-10-17/h5-7,9-10,15-16,18,30,32H,8,11-14H2,1-4H3,(H,24,31)(H,25,29)/t18-/m0/s1. The number of imidazole rings is 1. The van der Waals surface area contributed by atoms with Crippen LogP contribution in [-0.2, 0) is 16.0 Å². The van der Waals surface area contributed by atoms with Crippen molar-refractivity contribution in [1.29, 1.82) is 0 Å². The van der Waals surface area contributed by atoms with Crippen LogP contribution in [0.15, 0.2) is 35.1 Å². The van der Waals surface area contributed by atoms with Gasteiger partial charge in [-0.15, -0.1) is 0 Å². The Balaban J connectivity index is 2.42. The lowest BCUT2D eigenvalue weighted by Gasteiger charge is -2.30. The number of aryl methyl sites for hydroxylation is 1. The Morgan fingerprint density at radius 3 is 2.31 bits per heavy atom. The third kappa shape index (κ3) is 6.23. The SMILES string of the molecule is CC(C)CCC(=O)N([C@@H](CCCc1ccccc1)C(=O)NO)n1c(O)c(C(C)C)[nH]c1=O. The third-order valence-electron chi connectivity index (χ3n) is 5.35. The lowest BCUT2D eigenvalue weighted by atomic mass is 10.0. The number of rotatable bonds is 11. The number of H-pyrrole nitrogens is 1. The fraction of sp³-hybridized carbons (Fsp3) is 0.522. The molecule has 32 heavy (non-hydrogen) atoms. The van der Waals surface area contributed by atoms with Crippen LogP contribution >= 0.6 is 0 Å². The van der Waals surface area contributed by atoms with Gasteiger partial charge >= 0.3 is 5.69 Å². The smallest absolute Gasteiger partial charge is 0.348 e. The number of carbonyl (C=O) groups excluding carboxylic acids is 2. The van der Waals surface area contributed by atoms with Gasteiger partial charge in [-0.1, -0.05) is 58.0 Å². The molecular formula is C23H34N4O5. The van der Waals surface area contributed by atoms with Crippen molar-refractivity contribution in [3.63, 3.8) is 0 Å². The van der Waals surface area contributed by atoms with Crippen molar-refractivity contribution in [1.82, 2.24) is 15.1 Å². The molecule has 0 saturated heterocycles. The number of hydroxylamine groups is 1. The third-order valence-corrected chi connectivity index (χ3v) is 5.35. The van der Waals surface area contributed by atoms with Gasteiger partial charge in [0, 0.05) is 6.42 Å². The van der Waals surface area contributed by atoms with Crippen LogP contribution in [0.2, 0.25) is 0 Å². The number of benzene rings is 1. The summed E-state index contributed by atoms with van der Waals surface area (Å²) in [5.41, 5.74) is 2.23. The second-order valence-corrected chi connectivity index (χ2v) is 8.67. The van der Waals surface area contributed by atoms with Crippen LogP contribution in [0.5, 0.6) is 5.88 Å². The summed E-state index contributed by atoms with van der Waals surface area (Å²) in [6.07, 6.45) is 1.98. The van der Waals surface area contributed by atoms with E-state index in [4.69, 9.17) is 0 Å². The Hall–Kier alpha value is -3.07. The zero-order chi connectivity index (χ0) is 23.8. The Kier molecular flexibility index (Phi) is 9.07. The van der Waals surface area contributed by atoms with Crippen molar-refractivity contribution in [2.45, 2.75) is 71.8 Å². The highest BCUT2D eigenvalue weighted by molar-refractivity contribution is 5.94. The van der Waals surface area contributed by atoms with Gasteiger partial charge in [0.1, 0.15) is 6.04 Å². The molecule has 1 atom stereocenters. The Morgan fingerprint density at radius 2 is 1.78 bits per heavy atom. The second kappa shape index (κ2) is 11.5. The van der Waals surface area contributed by atoms with Gasteiger partial charge in [-0.05, 0) is 43.1 Å². The molecule has 0 spiro atoms. The maximum Gasteiger partial charge on any atom is 0.348 e. The fourth-order valence-corrected chi connectivity index (χ4v) is 3.57. The number of aromatic hydroxyl groups is 1. The normalized spacial score (nSPS) is 12.2. The van der Waals surface area contributed by atoms with E-state index in [0.717, 1.165) is 15.2 Å². The summed E-state index contributed by atoms with van der Waals surface area (Å²) in [6, 6.07) is 8.49. The van der Waals surface area contributed by atoms with Crippen LogP contribution in [0.25, 0.3) is 0 Å². The van der Waals surface area contributed by atoms with Crippen molar-refractivity contribution >= 4 is 11.8 Å². The molecule has 2 rings (SSSR count). The summed E-state index contributed by atoms with van der Waals surface area (Å²) in [5.74, 6) is -1.71. The second-order valence-electron chi connectivity index (χ2n) is 8.67. The summed E-state index contributed by atoms with van der Waals surface area (Å²) in [5, 5.41) is 21.1. The van der Waals surface area contributed by atoms with Crippen molar-refractivity contribution < 1.29 is 19.9 Å². The minimum Gasteiger partial charge on any atom is -0.492 e. The summed E-state index contributed by atoms with van der Waals surface area (Å²) in [4.78, 5) is 41.1. The van der Waals surface area contributed by atoms with Gasteiger partial charge in [-0.25, -0.2) is 15.3 Å². The zero-order valence-electron chi connectivity index (χ0n) is 19.2. The molecule has 0 aliphatic carbocycles. The van der Waals surface area contributed by atoms with E-state index >= 15 is 0 Å². The van der Waals surface area contributed by atoms with Crippen LogP contribution in [-0.4, -0.2) is 37.8 Å². The molecule has 1 heterocycles. The highest BCUT2D eigenvalue weighted by Gasteiger charge is 2.34. The van der Waals surface area contributed by atoms with Gasteiger partial charge in [0.2, 0.25) is 11.8 Å². The van der Waals surface area contributed by atoms with Gasteiger partial charge < -0.3 is 10.1 Å². The Bertz CT molecular complexity index is 949. The molecule has 176 valence electrons. The summed E-state index contributed by atoms with van der Waals surface area (Å²) < 4.78 is 0.820. The zero-order valence-corrected chi connectivity index (χ0v) is 19.2. The first-order chi connectivity index (χ1) is 15.2. The number of hydrogen-bond acceptors (Lipinski definition) is 5. The number of amides is 2. The minimum absolute atomic E-state index is 0.0830. The van der Waals surface area contributed by atoms with E-state index in [0.29, 0.717) is 19.3 Å². The van der Waals surface area contributed by atoms with E-state index in [1.807, 2.05) is 44.2 Å². The van der Waals surface area contributed by atoms with Crippen LogP contribution < -0.4 is 16.2 Å². The summed E-state index contributed by atoms with van der Waals surface area (Å²) in [6.45, 7) is 7.51. The van der Waals surface area contributed by atoms with E-state index in [9.17, 15) is 24.7 Å². The molecule has 0 fully saturated rings. The van der Waals surface area contributed by atoms with Gasteiger partial charge in [0.05, 0.1) is 5.69 Å². The molecule has 2 amide bonds. The van der Waals surface area contributed by atoms with E-state index in [1.165, 1.54) is 0 Å². The summed E-state index contributed by atoms with van der Waals surface area (Å²) in [7, 11) is 0. The van der Waals surface area contributed by atoms with Crippen LogP contribution in [0.4, 0.5) is 0 Å². The molecule has 0 aliphatic heterocycles. The maximum absolute atomic E-state index is 13.2. The molecule has 9 nitrogen and oxygen atoms in total. The highest BCUT2D eigenvalue weighted by atomic mass is 16.5. The number of aromatic nitrogens is 2. The van der Waals surface area contributed by atoms with E-state index < -0.39 is 29.4 Å². The number of nitrogens with one attached hydrogen (secondary N) is 2.